The number of alkyl halides is 3. The van der Waals surface area contributed by atoms with Crippen LogP contribution in [-0.4, -0.2) is 27.3 Å². The summed E-state index contributed by atoms with van der Waals surface area (Å²) in [4.78, 5) is 10.6. The van der Waals surface area contributed by atoms with Crippen LogP contribution in [0, 0.1) is 0 Å². The summed E-state index contributed by atoms with van der Waals surface area (Å²) in [6.07, 6.45) is -9.15. The molecule has 0 saturated heterocycles. The number of carbonyl (C=O) groups is 1. The highest BCUT2D eigenvalue weighted by Crippen LogP contribution is 2.37. The Morgan fingerprint density at radius 2 is 1.83 bits per heavy atom. The van der Waals surface area contributed by atoms with Gasteiger partial charge in [0.25, 0.3) is 0 Å². The van der Waals surface area contributed by atoms with E-state index in [2.05, 4.69) is 5.73 Å². The minimum absolute atomic E-state index is 0.381. The van der Waals surface area contributed by atoms with Crippen LogP contribution < -0.4 is 5.73 Å². The maximum Gasteiger partial charge on any atom is 0.416 e. The van der Waals surface area contributed by atoms with E-state index in [1.807, 2.05) is 0 Å². The lowest BCUT2D eigenvalue weighted by atomic mass is 9.97. The number of nitrogens with two attached hydrogens (primary N) is 1. The van der Waals surface area contributed by atoms with Gasteiger partial charge in [0.15, 0.2) is 6.10 Å². The first-order valence-corrected chi connectivity index (χ1v) is 4.70. The van der Waals surface area contributed by atoms with E-state index in [4.69, 9.17) is 10.2 Å². The summed E-state index contributed by atoms with van der Waals surface area (Å²) >= 11 is 0. The van der Waals surface area contributed by atoms with Crippen LogP contribution in [0.5, 0.6) is 5.75 Å². The molecule has 0 fully saturated rings. The number of halogens is 3. The van der Waals surface area contributed by atoms with E-state index in [1.54, 1.807) is 0 Å². The summed E-state index contributed by atoms with van der Waals surface area (Å²) < 4.78 is 37.9. The van der Waals surface area contributed by atoms with E-state index in [9.17, 15) is 23.1 Å². The minimum atomic E-state index is -4.85. The molecule has 0 aliphatic heterocycles. The molecule has 100 valence electrons. The minimum Gasteiger partial charge on any atom is -0.508 e. The highest BCUT2D eigenvalue weighted by molar-refractivity contribution is 5.79. The molecule has 0 heterocycles. The second-order valence-electron chi connectivity index (χ2n) is 3.56. The molecule has 1 amide bonds. The lowest BCUT2D eigenvalue weighted by Gasteiger charge is -2.20. The maximum absolute atomic E-state index is 12.6. The number of rotatable bonds is 3. The number of hydrogen-bond donors (Lipinski definition) is 4. The first kappa shape index (κ1) is 14.3. The molecule has 8 heteroatoms. The molecule has 2 atom stereocenters. The van der Waals surface area contributed by atoms with Gasteiger partial charge in [-0.05, 0) is 17.7 Å². The van der Waals surface area contributed by atoms with Gasteiger partial charge in [-0.25, -0.2) is 0 Å². The van der Waals surface area contributed by atoms with Gasteiger partial charge in [0, 0.05) is 0 Å². The van der Waals surface area contributed by atoms with E-state index in [0.29, 0.717) is 6.07 Å². The zero-order valence-electron chi connectivity index (χ0n) is 8.85. The second-order valence-corrected chi connectivity index (χ2v) is 3.56. The van der Waals surface area contributed by atoms with Crippen molar-refractivity contribution in [3.63, 3.8) is 0 Å². The van der Waals surface area contributed by atoms with Gasteiger partial charge in [0.2, 0.25) is 5.91 Å². The van der Waals surface area contributed by atoms with Crippen LogP contribution in [0.15, 0.2) is 18.2 Å². The molecule has 2 unspecified atom stereocenters. The highest BCUT2D eigenvalue weighted by Gasteiger charge is 2.37. The van der Waals surface area contributed by atoms with Crippen molar-refractivity contribution in [1.29, 1.82) is 0 Å². The van der Waals surface area contributed by atoms with Crippen LogP contribution in [0.1, 0.15) is 17.2 Å². The Balaban J connectivity index is 3.28. The number of benzene rings is 1. The van der Waals surface area contributed by atoms with Gasteiger partial charge >= 0.3 is 6.18 Å². The van der Waals surface area contributed by atoms with Crippen LogP contribution in [0.4, 0.5) is 13.2 Å². The Bertz CT molecular complexity index is 461. The molecule has 0 spiro atoms. The normalized spacial score (nSPS) is 15.2. The molecule has 1 rings (SSSR count). The van der Waals surface area contributed by atoms with Gasteiger partial charge in [-0.2, -0.15) is 13.2 Å². The van der Waals surface area contributed by atoms with Gasteiger partial charge in [0.05, 0.1) is 5.56 Å². The van der Waals surface area contributed by atoms with E-state index in [1.165, 1.54) is 0 Å². The molecule has 5 nitrogen and oxygen atoms in total. The summed E-state index contributed by atoms with van der Waals surface area (Å²) in [5.41, 5.74) is 2.59. The average molecular weight is 265 g/mol. The summed E-state index contributed by atoms with van der Waals surface area (Å²) in [6.45, 7) is 0. The van der Waals surface area contributed by atoms with Gasteiger partial charge < -0.3 is 21.1 Å². The van der Waals surface area contributed by atoms with E-state index >= 15 is 0 Å². The van der Waals surface area contributed by atoms with Crippen molar-refractivity contribution in [2.24, 2.45) is 5.73 Å². The predicted octanol–water partition coefficient (Wildman–Crippen LogP) is 0.291. The fourth-order valence-corrected chi connectivity index (χ4v) is 1.37. The summed E-state index contributed by atoms with van der Waals surface area (Å²) in [5, 5.41) is 27.6. The van der Waals surface area contributed by atoms with Crippen molar-refractivity contribution in [1.82, 2.24) is 0 Å². The molecule has 0 aliphatic rings. The average Bonchev–Trinajstić information content (AvgIpc) is 2.25. The van der Waals surface area contributed by atoms with Crippen LogP contribution >= 0.6 is 0 Å². The lowest BCUT2D eigenvalue weighted by Crippen LogP contribution is -2.34. The van der Waals surface area contributed by atoms with Crippen LogP contribution in [-0.2, 0) is 11.0 Å². The molecular formula is C10H10F3NO4. The Morgan fingerprint density at radius 3 is 2.28 bits per heavy atom. The monoisotopic (exact) mass is 265 g/mol. The van der Waals surface area contributed by atoms with Crippen molar-refractivity contribution >= 4 is 5.91 Å². The van der Waals surface area contributed by atoms with Crippen LogP contribution in [0.3, 0.4) is 0 Å². The van der Waals surface area contributed by atoms with Crippen LogP contribution in [0.25, 0.3) is 0 Å². The largest absolute Gasteiger partial charge is 0.508 e. The van der Waals surface area contributed by atoms with Gasteiger partial charge in [0.1, 0.15) is 11.9 Å². The lowest BCUT2D eigenvalue weighted by molar-refractivity contribution is -0.142. The summed E-state index contributed by atoms with van der Waals surface area (Å²) in [6, 6.07) is 2.03. The van der Waals surface area contributed by atoms with Crippen LogP contribution in [0.2, 0.25) is 0 Å². The fraction of sp³-hybridized carbons (Fsp3) is 0.300. The topological polar surface area (TPSA) is 104 Å². The molecule has 0 radical (unpaired) electrons. The van der Waals surface area contributed by atoms with Crippen molar-refractivity contribution < 1.29 is 33.3 Å². The molecule has 0 aromatic heterocycles. The van der Waals surface area contributed by atoms with Crippen molar-refractivity contribution in [2.75, 3.05) is 0 Å². The van der Waals surface area contributed by atoms with Gasteiger partial charge in [-0.1, -0.05) is 6.07 Å². The number of amides is 1. The third kappa shape index (κ3) is 2.90. The second kappa shape index (κ2) is 4.83. The van der Waals surface area contributed by atoms with E-state index in [0.717, 1.165) is 12.1 Å². The maximum atomic E-state index is 12.6. The number of aromatic hydroxyl groups is 1. The standard InChI is InChI=1S/C10H10F3NO4/c11-10(12,13)6-3-4(15)1-2-5(6)7(16)8(17)9(14)18/h1-3,7-8,15-17H,(H2,14,18). The molecule has 0 bridgehead atoms. The Morgan fingerprint density at radius 1 is 1.28 bits per heavy atom. The highest BCUT2D eigenvalue weighted by atomic mass is 19.4. The fourth-order valence-electron chi connectivity index (χ4n) is 1.37. The third-order valence-corrected chi connectivity index (χ3v) is 2.25. The summed E-state index contributed by atoms with van der Waals surface area (Å²) in [7, 11) is 0. The number of aliphatic hydroxyl groups is 2. The molecule has 1 aromatic rings. The van der Waals surface area contributed by atoms with Crippen molar-refractivity contribution in [3.8, 4) is 5.75 Å². The number of primary amides is 1. The SMILES string of the molecule is NC(=O)C(O)C(O)c1ccc(O)cc1C(F)(F)F. The Labute approximate surface area is 99.3 Å². The molecule has 0 aliphatic carbocycles. The van der Waals surface area contributed by atoms with Gasteiger partial charge in [-0.3, -0.25) is 4.79 Å². The first-order chi connectivity index (χ1) is 8.14. The zero-order chi connectivity index (χ0) is 14.1. The van der Waals surface area contributed by atoms with Crippen molar-refractivity contribution in [3.05, 3.63) is 29.3 Å². The number of carbonyl (C=O) groups excluding carboxylic acids is 1. The Kier molecular flexibility index (Phi) is 3.82. The number of phenols is 1. The quantitative estimate of drug-likeness (QED) is 0.630. The van der Waals surface area contributed by atoms with E-state index in [-0.39, 0.29) is 0 Å². The van der Waals surface area contributed by atoms with Crippen molar-refractivity contribution in [2.45, 2.75) is 18.4 Å². The smallest absolute Gasteiger partial charge is 0.416 e. The Hall–Kier alpha value is -1.80. The first-order valence-electron chi connectivity index (χ1n) is 4.70. The molecule has 5 N–H and O–H groups in total. The number of phenolic OH excluding ortho intramolecular Hbond substituents is 1. The summed E-state index contributed by atoms with van der Waals surface area (Å²) in [5.74, 6) is -2.02. The molecule has 1 aromatic carbocycles. The molecule has 0 saturated carbocycles. The third-order valence-electron chi connectivity index (χ3n) is 2.25. The zero-order valence-corrected chi connectivity index (χ0v) is 8.85. The molecule has 18 heavy (non-hydrogen) atoms. The van der Waals surface area contributed by atoms with Gasteiger partial charge in [-0.15, -0.1) is 0 Å². The number of hydrogen-bond acceptors (Lipinski definition) is 4. The predicted molar refractivity (Wildman–Crippen MR) is 53.3 cm³/mol. The number of aliphatic hydroxyl groups excluding tert-OH is 2. The van der Waals surface area contributed by atoms with E-state index < -0.39 is 41.2 Å². The molecular weight excluding hydrogens is 255 g/mol.